The van der Waals surface area contributed by atoms with Gasteiger partial charge in [0.05, 0.1) is 5.56 Å². The zero-order valence-corrected chi connectivity index (χ0v) is 13.4. The summed E-state index contributed by atoms with van der Waals surface area (Å²) < 4.78 is 0.744. The first-order valence-corrected chi connectivity index (χ1v) is 8.01. The Morgan fingerprint density at radius 2 is 2.05 bits per heavy atom. The number of carbonyl (C=O) groups excluding carboxylic acids is 1. The first kappa shape index (κ1) is 14.9. The summed E-state index contributed by atoms with van der Waals surface area (Å²) in [5.74, 6) is 0.588. The highest BCUT2D eigenvalue weighted by molar-refractivity contribution is 9.10. The molecule has 19 heavy (non-hydrogen) atoms. The van der Waals surface area contributed by atoms with Crippen molar-refractivity contribution in [2.24, 2.45) is 5.92 Å². The lowest BCUT2D eigenvalue weighted by atomic mass is 9.84. The highest BCUT2D eigenvalue weighted by Gasteiger charge is 2.22. The summed E-state index contributed by atoms with van der Waals surface area (Å²) >= 11 is 9.28. The fourth-order valence-corrected chi connectivity index (χ4v) is 3.57. The van der Waals surface area contributed by atoms with Crippen LogP contribution in [0.3, 0.4) is 0 Å². The number of benzene rings is 1. The Bertz CT molecular complexity index is 457. The molecule has 1 aliphatic rings. The smallest absolute Gasteiger partial charge is 0.252 e. The Morgan fingerprint density at radius 1 is 1.37 bits per heavy atom. The molecule has 1 fully saturated rings. The van der Waals surface area contributed by atoms with Crippen molar-refractivity contribution in [3.05, 3.63) is 33.3 Å². The second kappa shape index (κ2) is 6.76. The lowest BCUT2D eigenvalue weighted by molar-refractivity contribution is 0.0918. The van der Waals surface area contributed by atoms with Gasteiger partial charge in [-0.15, -0.1) is 0 Å². The van der Waals surface area contributed by atoms with E-state index >= 15 is 0 Å². The van der Waals surface area contributed by atoms with Gasteiger partial charge in [-0.25, -0.2) is 0 Å². The van der Waals surface area contributed by atoms with Gasteiger partial charge in [0.1, 0.15) is 0 Å². The van der Waals surface area contributed by atoms with E-state index in [9.17, 15) is 4.79 Å². The molecule has 0 spiro atoms. The number of amides is 1. The zero-order valence-electron chi connectivity index (χ0n) is 11.1. The minimum absolute atomic E-state index is 0.0263. The van der Waals surface area contributed by atoms with Gasteiger partial charge in [-0.1, -0.05) is 30.9 Å². The van der Waals surface area contributed by atoms with Crippen molar-refractivity contribution < 1.29 is 4.79 Å². The summed E-state index contributed by atoms with van der Waals surface area (Å²) in [7, 11) is 0. The lowest BCUT2D eigenvalue weighted by Gasteiger charge is -2.28. The van der Waals surface area contributed by atoms with Crippen LogP contribution in [0.15, 0.2) is 22.7 Å². The Balaban J connectivity index is 1.99. The summed E-state index contributed by atoms with van der Waals surface area (Å²) in [6.45, 7) is 2.11. The maximum Gasteiger partial charge on any atom is 0.252 e. The monoisotopic (exact) mass is 343 g/mol. The zero-order chi connectivity index (χ0) is 13.8. The van der Waals surface area contributed by atoms with Crippen LogP contribution in [0.2, 0.25) is 5.02 Å². The molecule has 0 heterocycles. The van der Waals surface area contributed by atoms with Crippen LogP contribution in [0.5, 0.6) is 0 Å². The predicted molar refractivity (Wildman–Crippen MR) is 82.7 cm³/mol. The molecule has 1 N–H and O–H groups in total. The van der Waals surface area contributed by atoms with Crippen LogP contribution in [-0.2, 0) is 0 Å². The summed E-state index contributed by atoms with van der Waals surface area (Å²) in [5.41, 5.74) is 0.645. The van der Waals surface area contributed by atoms with Gasteiger partial charge in [-0.05, 0) is 59.8 Å². The lowest BCUT2D eigenvalue weighted by Crippen LogP contribution is -2.39. The van der Waals surface area contributed by atoms with E-state index in [1.165, 1.54) is 32.1 Å². The summed E-state index contributed by atoms with van der Waals surface area (Å²) in [5, 5.41) is 3.74. The molecule has 0 aromatic heterocycles. The summed E-state index contributed by atoms with van der Waals surface area (Å²) in [6.07, 6.45) is 6.36. The maximum atomic E-state index is 12.2. The van der Waals surface area contributed by atoms with Crippen molar-refractivity contribution in [3.8, 4) is 0 Å². The molecule has 1 aliphatic carbocycles. The predicted octanol–water partition coefficient (Wildman–Crippen LogP) is 4.80. The minimum atomic E-state index is -0.0263. The average Bonchev–Trinajstić information content (AvgIpc) is 2.39. The van der Waals surface area contributed by atoms with E-state index in [4.69, 9.17) is 11.6 Å². The Labute approximate surface area is 128 Å². The highest BCUT2D eigenvalue weighted by atomic mass is 79.9. The third-order valence-electron chi connectivity index (χ3n) is 3.89. The van der Waals surface area contributed by atoms with E-state index in [-0.39, 0.29) is 11.9 Å². The number of rotatable bonds is 3. The van der Waals surface area contributed by atoms with Gasteiger partial charge >= 0.3 is 0 Å². The van der Waals surface area contributed by atoms with E-state index in [2.05, 4.69) is 28.2 Å². The van der Waals surface area contributed by atoms with Crippen molar-refractivity contribution in [1.82, 2.24) is 5.32 Å². The maximum absolute atomic E-state index is 12.2. The molecule has 0 aliphatic heterocycles. The van der Waals surface area contributed by atoms with Crippen molar-refractivity contribution in [2.45, 2.75) is 45.1 Å². The van der Waals surface area contributed by atoms with E-state index in [0.29, 0.717) is 16.5 Å². The standard InChI is InChI=1S/C15H19BrClNO/c1-10(11-5-3-2-4-6-11)18-15(19)13-8-7-12(17)9-14(13)16/h7-11H,2-6H2,1H3,(H,18,19). The molecule has 1 aromatic carbocycles. The average molecular weight is 345 g/mol. The largest absolute Gasteiger partial charge is 0.349 e. The van der Waals surface area contributed by atoms with Crippen LogP contribution < -0.4 is 5.32 Å². The van der Waals surface area contributed by atoms with Crippen LogP contribution in [0.1, 0.15) is 49.4 Å². The molecule has 0 bridgehead atoms. The summed E-state index contributed by atoms with van der Waals surface area (Å²) in [4.78, 5) is 12.2. The molecule has 1 unspecified atom stereocenters. The Hall–Kier alpha value is -0.540. The molecular weight excluding hydrogens is 326 g/mol. The fraction of sp³-hybridized carbons (Fsp3) is 0.533. The molecule has 1 saturated carbocycles. The SMILES string of the molecule is CC(NC(=O)c1ccc(Cl)cc1Br)C1CCCCC1. The van der Waals surface area contributed by atoms with E-state index in [1.54, 1.807) is 18.2 Å². The Kier molecular flexibility index (Phi) is 5.28. The number of nitrogens with one attached hydrogen (secondary N) is 1. The van der Waals surface area contributed by atoms with Crippen molar-refractivity contribution >= 4 is 33.4 Å². The molecule has 2 nitrogen and oxygen atoms in total. The van der Waals surface area contributed by atoms with Gasteiger partial charge < -0.3 is 5.32 Å². The number of halogens is 2. The molecule has 0 radical (unpaired) electrons. The van der Waals surface area contributed by atoms with Crippen LogP contribution in [-0.4, -0.2) is 11.9 Å². The van der Waals surface area contributed by atoms with Crippen LogP contribution >= 0.6 is 27.5 Å². The first-order chi connectivity index (χ1) is 9.08. The topological polar surface area (TPSA) is 29.1 Å². The minimum Gasteiger partial charge on any atom is -0.349 e. The van der Waals surface area contributed by atoms with Gasteiger partial charge in [0, 0.05) is 15.5 Å². The molecule has 1 aromatic rings. The van der Waals surface area contributed by atoms with Crippen molar-refractivity contribution in [2.75, 3.05) is 0 Å². The molecule has 1 amide bonds. The first-order valence-electron chi connectivity index (χ1n) is 6.84. The van der Waals surface area contributed by atoms with Crippen LogP contribution in [0.4, 0.5) is 0 Å². The second-order valence-corrected chi connectivity index (χ2v) is 6.58. The third-order valence-corrected chi connectivity index (χ3v) is 4.78. The van der Waals surface area contributed by atoms with Crippen LogP contribution in [0, 0.1) is 5.92 Å². The normalized spacial score (nSPS) is 18.1. The molecular formula is C15H19BrClNO. The summed E-state index contributed by atoms with van der Waals surface area (Å²) in [6, 6.07) is 5.49. The Morgan fingerprint density at radius 3 is 2.68 bits per heavy atom. The molecule has 104 valence electrons. The van der Waals surface area contributed by atoms with Gasteiger partial charge in [-0.3, -0.25) is 4.79 Å². The van der Waals surface area contributed by atoms with E-state index < -0.39 is 0 Å². The van der Waals surface area contributed by atoms with Gasteiger partial charge in [0.2, 0.25) is 0 Å². The fourth-order valence-electron chi connectivity index (χ4n) is 2.71. The van der Waals surface area contributed by atoms with E-state index in [0.717, 1.165) is 4.47 Å². The van der Waals surface area contributed by atoms with Gasteiger partial charge in [0.25, 0.3) is 5.91 Å². The molecule has 1 atom stereocenters. The second-order valence-electron chi connectivity index (χ2n) is 5.28. The third kappa shape index (κ3) is 3.96. The van der Waals surface area contributed by atoms with E-state index in [1.807, 2.05) is 0 Å². The highest BCUT2D eigenvalue weighted by Crippen LogP contribution is 2.27. The number of hydrogen-bond acceptors (Lipinski definition) is 1. The van der Waals surface area contributed by atoms with Crippen molar-refractivity contribution in [3.63, 3.8) is 0 Å². The quantitative estimate of drug-likeness (QED) is 0.838. The van der Waals surface area contributed by atoms with Gasteiger partial charge in [-0.2, -0.15) is 0 Å². The van der Waals surface area contributed by atoms with Crippen LogP contribution in [0.25, 0.3) is 0 Å². The number of carbonyl (C=O) groups is 1. The molecule has 0 saturated heterocycles. The van der Waals surface area contributed by atoms with Crippen molar-refractivity contribution in [1.29, 1.82) is 0 Å². The molecule has 2 rings (SSSR count). The molecule has 4 heteroatoms. The number of hydrogen-bond donors (Lipinski definition) is 1. The van der Waals surface area contributed by atoms with Gasteiger partial charge in [0.15, 0.2) is 0 Å².